The van der Waals surface area contributed by atoms with Crippen LogP contribution in [0.4, 0.5) is 0 Å². The molecule has 7 nitrogen and oxygen atoms in total. The van der Waals surface area contributed by atoms with Gasteiger partial charge in [0.1, 0.15) is 0 Å². The van der Waals surface area contributed by atoms with Crippen LogP contribution in [-0.4, -0.2) is 53.7 Å². The third-order valence-corrected chi connectivity index (χ3v) is 4.66. The van der Waals surface area contributed by atoms with Crippen molar-refractivity contribution in [1.82, 2.24) is 25.7 Å². The highest BCUT2D eigenvalue weighted by atomic mass is 127. The predicted octanol–water partition coefficient (Wildman–Crippen LogP) is 2.37. The molecule has 1 aromatic heterocycles. The van der Waals surface area contributed by atoms with Gasteiger partial charge in [0.25, 0.3) is 0 Å². The first kappa shape index (κ1) is 21.6. The maximum atomic E-state index is 5.12. The van der Waals surface area contributed by atoms with Crippen LogP contribution in [0.25, 0.3) is 0 Å². The molecule has 0 spiro atoms. The Balaban J connectivity index is 0.00000261. The topological polar surface area (TPSA) is 78.6 Å². The van der Waals surface area contributed by atoms with Crippen molar-refractivity contribution in [2.75, 3.05) is 26.7 Å². The van der Waals surface area contributed by atoms with E-state index in [1.807, 2.05) is 6.92 Å². The highest BCUT2D eigenvalue weighted by molar-refractivity contribution is 14.0. The fraction of sp³-hybridized carbons (Fsp3) is 0.526. The van der Waals surface area contributed by atoms with E-state index in [0.29, 0.717) is 30.7 Å². The summed E-state index contributed by atoms with van der Waals surface area (Å²) in [6, 6.07) is 11.2. The first-order chi connectivity index (χ1) is 12.7. The Morgan fingerprint density at radius 3 is 2.81 bits per heavy atom. The lowest BCUT2D eigenvalue weighted by Gasteiger charge is -2.25. The minimum Gasteiger partial charge on any atom is -0.356 e. The van der Waals surface area contributed by atoms with Crippen molar-refractivity contribution in [3.63, 3.8) is 0 Å². The summed E-state index contributed by atoms with van der Waals surface area (Å²) in [6.45, 7) is 5.59. The van der Waals surface area contributed by atoms with Crippen molar-refractivity contribution in [3.8, 4) is 0 Å². The van der Waals surface area contributed by atoms with Crippen LogP contribution in [0.1, 0.15) is 30.1 Å². The second-order valence-electron chi connectivity index (χ2n) is 6.62. The molecule has 0 amide bonds. The third-order valence-electron chi connectivity index (χ3n) is 4.66. The lowest BCUT2D eigenvalue weighted by molar-refractivity contribution is 0.245. The number of rotatable bonds is 7. The SMILES string of the molecule is CN=C(NCCc1nc(C)no1)NCC1CCCN1Cc1ccccc1.I. The second kappa shape index (κ2) is 11.2. The first-order valence-corrected chi connectivity index (χ1v) is 9.26. The fourth-order valence-electron chi connectivity index (χ4n) is 3.32. The summed E-state index contributed by atoms with van der Waals surface area (Å²) in [5.74, 6) is 2.13. The Morgan fingerprint density at radius 2 is 2.11 bits per heavy atom. The fourth-order valence-corrected chi connectivity index (χ4v) is 3.32. The Morgan fingerprint density at radius 1 is 1.30 bits per heavy atom. The van der Waals surface area contributed by atoms with E-state index < -0.39 is 0 Å². The average molecular weight is 484 g/mol. The van der Waals surface area contributed by atoms with Gasteiger partial charge in [-0.2, -0.15) is 4.98 Å². The predicted molar refractivity (Wildman–Crippen MR) is 117 cm³/mol. The van der Waals surface area contributed by atoms with Crippen LogP contribution in [0.2, 0.25) is 0 Å². The molecule has 0 radical (unpaired) electrons. The number of benzene rings is 1. The monoisotopic (exact) mass is 484 g/mol. The molecule has 1 aromatic carbocycles. The van der Waals surface area contributed by atoms with Crippen molar-refractivity contribution in [2.45, 2.75) is 38.8 Å². The van der Waals surface area contributed by atoms with Gasteiger partial charge in [0, 0.05) is 39.1 Å². The van der Waals surface area contributed by atoms with E-state index in [2.05, 4.69) is 61.0 Å². The van der Waals surface area contributed by atoms with Crippen molar-refractivity contribution >= 4 is 29.9 Å². The Hall–Kier alpha value is -1.68. The maximum Gasteiger partial charge on any atom is 0.228 e. The van der Waals surface area contributed by atoms with Crippen LogP contribution in [0.15, 0.2) is 39.8 Å². The third kappa shape index (κ3) is 6.76. The van der Waals surface area contributed by atoms with Crippen LogP contribution in [0.3, 0.4) is 0 Å². The number of hydrogen-bond acceptors (Lipinski definition) is 5. The van der Waals surface area contributed by atoms with Crippen LogP contribution in [0, 0.1) is 6.92 Å². The van der Waals surface area contributed by atoms with Gasteiger partial charge in [0.05, 0.1) is 0 Å². The number of likely N-dealkylation sites (tertiary alicyclic amines) is 1. The maximum absolute atomic E-state index is 5.12. The highest BCUT2D eigenvalue weighted by Crippen LogP contribution is 2.19. The molecule has 0 bridgehead atoms. The van der Waals surface area contributed by atoms with Crippen molar-refractivity contribution in [1.29, 1.82) is 0 Å². The Kier molecular flexibility index (Phi) is 8.99. The summed E-state index contributed by atoms with van der Waals surface area (Å²) in [6.07, 6.45) is 3.16. The summed E-state index contributed by atoms with van der Waals surface area (Å²) in [5.41, 5.74) is 1.37. The Labute approximate surface area is 178 Å². The smallest absolute Gasteiger partial charge is 0.228 e. The Bertz CT molecular complexity index is 705. The summed E-state index contributed by atoms with van der Waals surface area (Å²) >= 11 is 0. The molecule has 1 aliphatic heterocycles. The van der Waals surface area contributed by atoms with E-state index in [4.69, 9.17) is 4.52 Å². The molecule has 1 fully saturated rings. The van der Waals surface area contributed by atoms with Crippen LogP contribution in [0.5, 0.6) is 0 Å². The van der Waals surface area contributed by atoms with Crippen molar-refractivity contribution in [3.05, 3.63) is 47.6 Å². The van der Waals surface area contributed by atoms with E-state index in [1.54, 1.807) is 7.05 Å². The van der Waals surface area contributed by atoms with E-state index in [9.17, 15) is 0 Å². The van der Waals surface area contributed by atoms with E-state index >= 15 is 0 Å². The van der Waals surface area contributed by atoms with Gasteiger partial charge in [-0.1, -0.05) is 35.5 Å². The molecular weight excluding hydrogens is 455 g/mol. The molecule has 0 aliphatic carbocycles. The number of hydrogen-bond donors (Lipinski definition) is 2. The molecule has 2 heterocycles. The molecule has 1 aliphatic rings. The zero-order chi connectivity index (χ0) is 18.2. The van der Waals surface area contributed by atoms with Gasteiger partial charge in [-0.25, -0.2) is 0 Å². The average Bonchev–Trinajstić information content (AvgIpc) is 3.27. The molecule has 1 unspecified atom stereocenters. The van der Waals surface area contributed by atoms with E-state index in [0.717, 1.165) is 25.6 Å². The van der Waals surface area contributed by atoms with Gasteiger partial charge in [0.15, 0.2) is 11.8 Å². The van der Waals surface area contributed by atoms with E-state index in [1.165, 1.54) is 18.4 Å². The minimum absolute atomic E-state index is 0. The molecule has 1 atom stereocenters. The summed E-state index contributed by atoms with van der Waals surface area (Å²) < 4.78 is 5.12. The largest absolute Gasteiger partial charge is 0.356 e. The molecule has 2 aromatic rings. The number of aliphatic imine (C=N–C) groups is 1. The number of halogens is 1. The lowest BCUT2D eigenvalue weighted by atomic mass is 10.2. The summed E-state index contributed by atoms with van der Waals surface area (Å²) in [4.78, 5) is 11.1. The standard InChI is InChI=1S/C19H28N6O.HI/c1-15-23-18(26-24-15)10-11-21-19(20-2)22-13-17-9-6-12-25(17)14-16-7-4-3-5-8-16;/h3-5,7-8,17H,6,9-14H2,1-2H3,(H2,20,21,22);1H. The van der Waals surface area contributed by atoms with Crippen LogP contribution in [-0.2, 0) is 13.0 Å². The molecular formula is C19H29IN6O. The molecule has 1 saturated heterocycles. The van der Waals surface area contributed by atoms with Gasteiger partial charge in [-0.3, -0.25) is 9.89 Å². The van der Waals surface area contributed by atoms with Crippen LogP contribution >= 0.6 is 24.0 Å². The van der Waals surface area contributed by atoms with Gasteiger partial charge < -0.3 is 15.2 Å². The highest BCUT2D eigenvalue weighted by Gasteiger charge is 2.24. The zero-order valence-electron chi connectivity index (χ0n) is 16.0. The molecule has 3 rings (SSSR count). The van der Waals surface area contributed by atoms with E-state index in [-0.39, 0.29) is 24.0 Å². The number of aryl methyl sites for hydroxylation is 1. The van der Waals surface area contributed by atoms with Crippen LogP contribution < -0.4 is 10.6 Å². The van der Waals surface area contributed by atoms with Gasteiger partial charge in [0.2, 0.25) is 5.89 Å². The van der Waals surface area contributed by atoms with Gasteiger partial charge in [-0.15, -0.1) is 24.0 Å². The summed E-state index contributed by atoms with van der Waals surface area (Å²) in [5, 5.41) is 10.6. The molecule has 8 heteroatoms. The lowest BCUT2D eigenvalue weighted by Crippen LogP contribution is -2.45. The second-order valence-corrected chi connectivity index (χ2v) is 6.62. The minimum atomic E-state index is 0. The molecule has 148 valence electrons. The summed E-state index contributed by atoms with van der Waals surface area (Å²) in [7, 11) is 1.79. The van der Waals surface area contributed by atoms with Crippen molar-refractivity contribution in [2.24, 2.45) is 4.99 Å². The number of nitrogens with zero attached hydrogens (tertiary/aromatic N) is 4. The number of guanidine groups is 1. The molecule has 0 saturated carbocycles. The zero-order valence-corrected chi connectivity index (χ0v) is 18.3. The number of nitrogens with one attached hydrogen (secondary N) is 2. The number of aromatic nitrogens is 2. The van der Waals surface area contributed by atoms with Gasteiger partial charge in [-0.05, 0) is 31.9 Å². The first-order valence-electron chi connectivity index (χ1n) is 9.26. The normalized spacial score (nSPS) is 17.6. The van der Waals surface area contributed by atoms with Gasteiger partial charge >= 0.3 is 0 Å². The van der Waals surface area contributed by atoms with Crippen molar-refractivity contribution < 1.29 is 4.52 Å². The molecule has 2 N–H and O–H groups in total. The molecule has 27 heavy (non-hydrogen) atoms. The quantitative estimate of drug-likeness (QED) is 0.357.